The lowest BCUT2D eigenvalue weighted by Gasteiger charge is -2.40. The van der Waals surface area contributed by atoms with Gasteiger partial charge in [0.05, 0.1) is 13.7 Å². The summed E-state index contributed by atoms with van der Waals surface area (Å²) in [6.07, 6.45) is 0.867. The molecule has 126 valence electrons. The van der Waals surface area contributed by atoms with Gasteiger partial charge in [-0.3, -0.25) is 4.84 Å². The summed E-state index contributed by atoms with van der Waals surface area (Å²) in [6.45, 7) is 6.55. The van der Waals surface area contributed by atoms with Gasteiger partial charge >= 0.3 is 0 Å². The molecule has 0 aromatic heterocycles. The van der Waals surface area contributed by atoms with Crippen molar-refractivity contribution in [3.63, 3.8) is 0 Å². The van der Waals surface area contributed by atoms with Gasteiger partial charge in [0.2, 0.25) is 0 Å². The molecular weight excluding hydrogens is 286 g/mol. The van der Waals surface area contributed by atoms with Crippen molar-refractivity contribution in [2.45, 2.75) is 50.7 Å². The predicted molar refractivity (Wildman–Crippen MR) is 81.7 cm³/mol. The summed E-state index contributed by atoms with van der Waals surface area (Å²) < 4.78 is 5.43. The van der Waals surface area contributed by atoms with Crippen molar-refractivity contribution in [2.75, 3.05) is 20.3 Å². The highest BCUT2D eigenvalue weighted by Gasteiger charge is 2.41. The van der Waals surface area contributed by atoms with Crippen molar-refractivity contribution in [3.05, 3.63) is 23.8 Å². The first-order valence-electron chi connectivity index (χ1n) is 7.74. The van der Waals surface area contributed by atoms with E-state index in [1.165, 1.54) is 23.3 Å². The molecule has 1 fully saturated rings. The molecule has 5 atom stereocenters. The van der Waals surface area contributed by atoms with Gasteiger partial charge in [-0.15, -0.1) is 0 Å². The monoisotopic (exact) mass is 313 g/mol. The number of rotatable bonds is 5. The van der Waals surface area contributed by atoms with Gasteiger partial charge in [-0.05, 0) is 32.1 Å². The highest BCUT2D eigenvalue weighted by Crippen LogP contribution is 2.29. The largest absolute Gasteiger partial charge is 0.388 e. The number of aliphatic hydroxyl groups is 3. The lowest BCUT2D eigenvalue weighted by molar-refractivity contribution is -0.303. The van der Waals surface area contributed by atoms with Crippen LogP contribution in [0, 0.1) is 5.92 Å². The summed E-state index contributed by atoms with van der Waals surface area (Å²) in [5.74, 6) is 0.535. The van der Waals surface area contributed by atoms with Crippen LogP contribution in [0.15, 0.2) is 23.8 Å². The van der Waals surface area contributed by atoms with Gasteiger partial charge in [0.15, 0.2) is 6.23 Å². The molecule has 0 amide bonds. The molecule has 0 bridgehead atoms. The summed E-state index contributed by atoms with van der Waals surface area (Å²) in [6, 6.07) is 0. The zero-order valence-corrected chi connectivity index (χ0v) is 13.3. The second kappa shape index (κ2) is 7.68. The third-order valence-electron chi connectivity index (χ3n) is 4.55. The minimum atomic E-state index is -1.23. The van der Waals surface area contributed by atoms with Crippen LogP contribution in [0.4, 0.5) is 0 Å². The SMILES string of the molecule is C=C(C)[C@@H]1CC=C(CN(OC)C2OC[C@@H](O)[C@H](O)[C@H]2O)CC1. The van der Waals surface area contributed by atoms with Crippen LogP contribution in [-0.4, -0.2) is 65.2 Å². The van der Waals surface area contributed by atoms with Crippen LogP contribution in [0.3, 0.4) is 0 Å². The number of hydrogen-bond acceptors (Lipinski definition) is 6. The first-order chi connectivity index (χ1) is 10.4. The molecule has 0 aromatic carbocycles. The van der Waals surface area contributed by atoms with E-state index in [-0.39, 0.29) is 6.61 Å². The number of hydroxylamine groups is 2. The van der Waals surface area contributed by atoms with Crippen molar-refractivity contribution in [1.29, 1.82) is 0 Å². The standard InChI is InChI=1S/C16H27NO5/c1-10(2)12-6-4-11(5-7-12)8-17(21-3)16-15(20)14(19)13(18)9-22-16/h4,12-16,18-20H,1,5-9H2,2-3H3/t12-,13-,14+,15-,16?/m1/s1. The molecule has 1 aliphatic heterocycles. The fourth-order valence-corrected chi connectivity index (χ4v) is 2.98. The van der Waals surface area contributed by atoms with Crippen LogP contribution < -0.4 is 0 Å². The van der Waals surface area contributed by atoms with E-state index in [2.05, 4.69) is 19.6 Å². The molecule has 2 aliphatic rings. The summed E-state index contributed by atoms with van der Waals surface area (Å²) in [7, 11) is 1.51. The van der Waals surface area contributed by atoms with Gasteiger partial charge in [0, 0.05) is 6.54 Å². The second-order valence-electron chi connectivity index (χ2n) is 6.21. The van der Waals surface area contributed by atoms with E-state index < -0.39 is 24.5 Å². The number of aliphatic hydroxyl groups excluding tert-OH is 3. The number of nitrogens with zero attached hydrogens (tertiary/aromatic N) is 1. The van der Waals surface area contributed by atoms with E-state index >= 15 is 0 Å². The lowest BCUT2D eigenvalue weighted by atomic mass is 9.85. The Morgan fingerprint density at radius 2 is 2.14 bits per heavy atom. The minimum absolute atomic E-state index is 0.0282. The maximum atomic E-state index is 10.1. The Morgan fingerprint density at radius 1 is 1.41 bits per heavy atom. The molecule has 6 nitrogen and oxygen atoms in total. The van der Waals surface area contributed by atoms with E-state index in [0.29, 0.717) is 12.5 Å². The molecule has 0 saturated carbocycles. The molecule has 3 N–H and O–H groups in total. The fraction of sp³-hybridized carbons (Fsp3) is 0.750. The Kier molecular flexibility index (Phi) is 6.14. The highest BCUT2D eigenvalue weighted by molar-refractivity contribution is 5.13. The first kappa shape index (κ1) is 17.6. The minimum Gasteiger partial charge on any atom is -0.388 e. The molecule has 0 aromatic rings. The summed E-state index contributed by atoms with van der Waals surface area (Å²) in [5.41, 5.74) is 2.43. The van der Waals surface area contributed by atoms with Gasteiger partial charge in [-0.1, -0.05) is 23.8 Å². The Hall–Kier alpha value is -0.760. The molecule has 1 unspecified atom stereocenters. The van der Waals surface area contributed by atoms with E-state index in [4.69, 9.17) is 9.57 Å². The van der Waals surface area contributed by atoms with Gasteiger partial charge in [0.25, 0.3) is 0 Å². The molecule has 0 radical (unpaired) electrons. The van der Waals surface area contributed by atoms with Crippen molar-refractivity contribution in [3.8, 4) is 0 Å². The van der Waals surface area contributed by atoms with Gasteiger partial charge in [-0.2, -0.15) is 5.06 Å². The van der Waals surface area contributed by atoms with Gasteiger partial charge in [-0.25, -0.2) is 0 Å². The third kappa shape index (κ3) is 3.95. The van der Waals surface area contributed by atoms with E-state index in [1.807, 2.05) is 0 Å². The normalized spacial score (nSPS) is 36.3. The first-order valence-corrected chi connectivity index (χ1v) is 7.74. The summed E-state index contributed by atoms with van der Waals surface area (Å²) in [4.78, 5) is 5.32. The van der Waals surface area contributed by atoms with Crippen LogP contribution in [0.25, 0.3) is 0 Å². The van der Waals surface area contributed by atoms with Gasteiger partial charge < -0.3 is 20.1 Å². The van der Waals surface area contributed by atoms with Crippen LogP contribution in [0.2, 0.25) is 0 Å². The third-order valence-corrected chi connectivity index (χ3v) is 4.55. The van der Waals surface area contributed by atoms with Crippen LogP contribution >= 0.6 is 0 Å². The molecular formula is C16H27NO5. The molecule has 22 heavy (non-hydrogen) atoms. The maximum absolute atomic E-state index is 10.1. The van der Waals surface area contributed by atoms with Crippen molar-refractivity contribution in [1.82, 2.24) is 5.06 Å². The molecule has 2 rings (SSSR count). The van der Waals surface area contributed by atoms with Crippen LogP contribution in [-0.2, 0) is 9.57 Å². The average molecular weight is 313 g/mol. The smallest absolute Gasteiger partial charge is 0.161 e. The zero-order valence-electron chi connectivity index (χ0n) is 13.3. The molecule has 1 saturated heterocycles. The number of allylic oxidation sites excluding steroid dienone is 2. The van der Waals surface area contributed by atoms with Crippen molar-refractivity contribution in [2.24, 2.45) is 5.92 Å². The Bertz CT molecular complexity index is 425. The highest BCUT2D eigenvalue weighted by atomic mass is 16.7. The molecule has 1 heterocycles. The van der Waals surface area contributed by atoms with Gasteiger partial charge in [0.1, 0.15) is 18.3 Å². The summed E-state index contributed by atoms with van der Waals surface area (Å²) >= 11 is 0. The van der Waals surface area contributed by atoms with E-state index in [1.54, 1.807) is 0 Å². The predicted octanol–water partition coefficient (Wildman–Crippen LogP) is 0.591. The van der Waals surface area contributed by atoms with Crippen molar-refractivity contribution >= 4 is 0 Å². The Labute approximate surface area is 131 Å². The Morgan fingerprint density at radius 3 is 2.68 bits per heavy atom. The zero-order chi connectivity index (χ0) is 16.3. The summed E-state index contributed by atoms with van der Waals surface area (Å²) in [5, 5.41) is 30.9. The topological polar surface area (TPSA) is 82.4 Å². The fourth-order valence-electron chi connectivity index (χ4n) is 2.98. The number of ether oxygens (including phenoxy) is 1. The molecule has 1 aliphatic carbocycles. The molecule has 0 spiro atoms. The van der Waals surface area contributed by atoms with Crippen molar-refractivity contribution < 1.29 is 24.9 Å². The Balaban J connectivity index is 1.96. The van der Waals surface area contributed by atoms with Crippen LogP contribution in [0.1, 0.15) is 26.2 Å². The quantitative estimate of drug-likeness (QED) is 0.509. The maximum Gasteiger partial charge on any atom is 0.161 e. The van der Waals surface area contributed by atoms with E-state index in [9.17, 15) is 15.3 Å². The second-order valence-corrected chi connectivity index (χ2v) is 6.21. The van der Waals surface area contributed by atoms with Crippen LogP contribution in [0.5, 0.6) is 0 Å². The average Bonchev–Trinajstić information content (AvgIpc) is 2.51. The van der Waals surface area contributed by atoms with E-state index in [0.717, 1.165) is 19.3 Å². The lowest BCUT2D eigenvalue weighted by Crippen LogP contribution is -2.59. The molecule has 6 heteroatoms. The number of hydrogen-bond donors (Lipinski definition) is 3.